The minimum atomic E-state index is 0.143. The van der Waals surface area contributed by atoms with E-state index < -0.39 is 0 Å². The average Bonchev–Trinajstić information content (AvgIpc) is 2.25. The molecule has 0 bridgehead atoms. The molecule has 2 rings (SSSR count). The predicted molar refractivity (Wildman–Crippen MR) is 67.4 cm³/mol. The van der Waals surface area contributed by atoms with Crippen LogP contribution in [0.1, 0.15) is 38.0 Å². The molecule has 0 radical (unpaired) electrons. The molecule has 0 N–H and O–H groups in total. The summed E-state index contributed by atoms with van der Waals surface area (Å²) in [5, 5.41) is 0. The molecule has 1 heteroatoms. The Kier molecular flexibility index (Phi) is 3.15. The molecule has 0 fully saturated rings. The van der Waals surface area contributed by atoms with Gasteiger partial charge in [-0.15, -0.1) is 0 Å². The third-order valence-electron chi connectivity index (χ3n) is 2.71. The van der Waals surface area contributed by atoms with Crippen molar-refractivity contribution < 1.29 is 4.74 Å². The standard InChI is InChI=1S/C15H20O/c1-15(2,3)11-16-14-10-6-8-12-7-4-5-9-13(12)14/h4-7,9-10,14H,8,11H2,1-3H3. The molecule has 16 heavy (non-hydrogen) atoms. The zero-order valence-electron chi connectivity index (χ0n) is 10.4. The van der Waals surface area contributed by atoms with Crippen LogP contribution in [-0.2, 0) is 11.2 Å². The second-order valence-electron chi connectivity index (χ2n) is 5.62. The zero-order valence-corrected chi connectivity index (χ0v) is 10.4. The molecule has 0 aromatic heterocycles. The van der Waals surface area contributed by atoms with Crippen LogP contribution in [0.3, 0.4) is 0 Å². The topological polar surface area (TPSA) is 9.23 Å². The summed E-state index contributed by atoms with van der Waals surface area (Å²) in [4.78, 5) is 0. The summed E-state index contributed by atoms with van der Waals surface area (Å²) in [5.74, 6) is 0. The molecule has 0 aliphatic heterocycles. The zero-order chi connectivity index (χ0) is 11.6. The van der Waals surface area contributed by atoms with Gasteiger partial charge in [-0.25, -0.2) is 0 Å². The molecule has 86 valence electrons. The Hall–Kier alpha value is -1.08. The molecule has 0 spiro atoms. The van der Waals surface area contributed by atoms with Crippen LogP contribution in [0.4, 0.5) is 0 Å². The second kappa shape index (κ2) is 4.42. The predicted octanol–water partition coefficient (Wildman–Crippen LogP) is 3.90. The Morgan fingerprint density at radius 1 is 1.25 bits per heavy atom. The quantitative estimate of drug-likeness (QED) is 0.681. The first-order chi connectivity index (χ1) is 7.56. The van der Waals surface area contributed by atoms with E-state index in [0.717, 1.165) is 13.0 Å². The van der Waals surface area contributed by atoms with Gasteiger partial charge in [0.1, 0.15) is 6.10 Å². The van der Waals surface area contributed by atoms with Crippen molar-refractivity contribution in [3.8, 4) is 0 Å². The van der Waals surface area contributed by atoms with E-state index >= 15 is 0 Å². The summed E-state index contributed by atoms with van der Waals surface area (Å²) in [6, 6.07) is 8.54. The molecule has 1 aromatic carbocycles. The van der Waals surface area contributed by atoms with E-state index in [1.165, 1.54) is 11.1 Å². The molecule has 1 aliphatic carbocycles. The van der Waals surface area contributed by atoms with Gasteiger partial charge >= 0.3 is 0 Å². The largest absolute Gasteiger partial charge is 0.369 e. The summed E-state index contributed by atoms with van der Waals surface area (Å²) in [7, 11) is 0. The van der Waals surface area contributed by atoms with E-state index in [4.69, 9.17) is 4.74 Å². The lowest BCUT2D eigenvalue weighted by Crippen LogP contribution is -2.18. The molecule has 1 unspecified atom stereocenters. The highest BCUT2D eigenvalue weighted by atomic mass is 16.5. The minimum Gasteiger partial charge on any atom is -0.369 e. The monoisotopic (exact) mass is 216 g/mol. The number of allylic oxidation sites excluding steroid dienone is 1. The third-order valence-corrected chi connectivity index (χ3v) is 2.71. The van der Waals surface area contributed by atoms with Crippen LogP contribution in [-0.4, -0.2) is 6.61 Å². The van der Waals surface area contributed by atoms with Gasteiger partial charge in [-0.2, -0.15) is 0 Å². The van der Waals surface area contributed by atoms with Gasteiger partial charge in [-0.1, -0.05) is 57.2 Å². The van der Waals surface area contributed by atoms with Gasteiger partial charge < -0.3 is 4.74 Å². The molecular weight excluding hydrogens is 196 g/mol. The van der Waals surface area contributed by atoms with Gasteiger partial charge in [-0.3, -0.25) is 0 Å². The lowest BCUT2D eigenvalue weighted by atomic mass is 9.94. The van der Waals surface area contributed by atoms with E-state index in [-0.39, 0.29) is 11.5 Å². The normalized spacial score (nSPS) is 19.6. The van der Waals surface area contributed by atoms with Gasteiger partial charge in [0, 0.05) is 0 Å². The van der Waals surface area contributed by atoms with E-state index in [0.29, 0.717) is 0 Å². The molecule has 0 saturated carbocycles. The maximum absolute atomic E-state index is 5.99. The van der Waals surface area contributed by atoms with Crippen LogP contribution in [0.2, 0.25) is 0 Å². The highest BCUT2D eigenvalue weighted by Crippen LogP contribution is 2.29. The average molecular weight is 216 g/mol. The Morgan fingerprint density at radius 3 is 2.75 bits per heavy atom. The number of hydrogen-bond donors (Lipinski definition) is 0. The molecule has 1 nitrogen and oxygen atoms in total. The molecular formula is C15H20O. The van der Waals surface area contributed by atoms with Crippen molar-refractivity contribution in [2.75, 3.05) is 6.61 Å². The van der Waals surface area contributed by atoms with Crippen molar-refractivity contribution in [1.82, 2.24) is 0 Å². The van der Waals surface area contributed by atoms with Crippen molar-refractivity contribution in [3.05, 3.63) is 47.5 Å². The molecule has 0 saturated heterocycles. The maximum Gasteiger partial charge on any atom is 0.101 e. The summed E-state index contributed by atoms with van der Waals surface area (Å²) in [5.41, 5.74) is 2.94. The first-order valence-electron chi connectivity index (χ1n) is 5.92. The molecule has 1 aromatic rings. The summed E-state index contributed by atoms with van der Waals surface area (Å²) in [6.07, 6.45) is 5.55. The van der Waals surface area contributed by atoms with Gasteiger partial charge in [0.05, 0.1) is 6.61 Å². The maximum atomic E-state index is 5.99. The number of rotatable bonds is 2. The van der Waals surface area contributed by atoms with Crippen LogP contribution in [0, 0.1) is 5.41 Å². The van der Waals surface area contributed by atoms with E-state index in [1.807, 2.05) is 0 Å². The molecule has 1 aliphatic rings. The Bertz CT molecular complexity index is 385. The van der Waals surface area contributed by atoms with E-state index in [2.05, 4.69) is 57.2 Å². The summed E-state index contributed by atoms with van der Waals surface area (Å²) < 4.78 is 5.99. The van der Waals surface area contributed by atoms with Crippen molar-refractivity contribution in [2.24, 2.45) is 5.41 Å². The fourth-order valence-corrected chi connectivity index (χ4v) is 1.91. The summed E-state index contributed by atoms with van der Waals surface area (Å²) in [6.45, 7) is 7.39. The Labute approximate surface area is 98.1 Å². The van der Waals surface area contributed by atoms with Crippen LogP contribution in [0.5, 0.6) is 0 Å². The molecule has 0 amide bonds. The number of fused-ring (bicyclic) bond motifs is 1. The smallest absolute Gasteiger partial charge is 0.101 e. The van der Waals surface area contributed by atoms with Crippen molar-refractivity contribution in [3.63, 3.8) is 0 Å². The Balaban J connectivity index is 2.11. The van der Waals surface area contributed by atoms with Gasteiger partial charge in [0.15, 0.2) is 0 Å². The Morgan fingerprint density at radius 2 is 2.00 bits per heavy atom. The molecule has 0 heterocycles. The van der Waals surface area contributed by atoms with Crippen LogP contribution in [0.25, 0.3) is 0 Å². The van der Waals surface area contributed by atoms with Crippen LogP contribution >= 0.6 is 0 Å². The third kappa shape index (κ3) is 2.73. The van der Waals surface area contributed by atoms with Crippen molar-refractivity contribution in [1.29, 1.82) is 0 Å². The highest BCUT2D eigenvalue weighted by Gasteiger charge is 2.19. The highest BCUT2D eigenvalue weighted by molar-refractivity contribution is 5.36. The van der Waals surface area contributed by atoms with Crippen LogP contribution in [0.15, 0.2) is 36.4 Å². The fourth-order valence-electron chi connectivity index (χ4n) is 1.91. The van der Waals surface area contributed by atoms with E-state index in [1.54, 1.807) is 0 Å². The number of hydrogen-bond acceptors (Lipinski definition) is 1. The fraction of sp³-hybridized carbons (Fsp3) is 0.467. The lowest BCUT2D eigenvalue weighted by molar-refractivity contribution is 0.0316. The van der Waals surface area contributed by atoms with Crippen molar-refractivity contribution >= 4 is 0 Å². The first-order valence-corrected chi connectivity index (χ1v) is 5.92. The molecule has 1 atom stereocenters. The second-order valence-corrected chi connectivity index (χ2v) is 5.62. The lowest BCUT2D eigenvalue weighted by Gasteiger charge is -2.25. The number of benzene rings is 1. The van der Waals surface area contributed by atoms with Gasteiger partial charge in [0.25, 0.3) is 0 Å². The van der Waals surface area contributed by atoms with Gasteiger partial charge in [-0.05, 0) is 23.0 Å². The van der Waals surface area contributed by atoms with Crippen molar-refractivity contribution in [2.45, 2.75) is 33.3 Å². The minimum absolute atomic E-state index is 0.143. The SMILES string of the molecule is CC(C)(C)COC1C=CCc2ccccc21. The summed E-state index contributed by atoms with van der Waals surface area (Å²) >= 11 is 0. The first kappa shape index (κ1) is 11.4. The van der Waals surface area contributed by atoms with E-state index in [9.17, 15) is 0 Å². The van der Waals surface area contributed by atoms with Crippen LogP contribution < -0.4 is 0 Å². The number of ether oxygens (including phenoxy) is 1. The van der Waals surface area contributed by atoms with Gasteiger partial charge in [0.2, 0.25) is 0 Å².